The van der Waals surface area contributed by atoms with Gasteiger partial charge in [0.1, 0.15) is 11.5 Å². The van der Waals surface area contributed by atoms with E-state index in [1.165, 1.54) is 11.3 Å². The van der Waals surface area contributed by atoms with E-state index in [2.05, 4.69) is 4.98 Å². The second-order valence-corrected chi connectivity index (χ2v) is 7.12. The lowest BCUT2D eigenvalue weighted by molar-refractivity contribution is 0.000153. The van der Waals surface area contributed by atoms with Crippen LogP contribution in [0.3, 0.4) is 0 Å². The summed E-state index contributed by atoms with van der Waals surface area (Å²) in [5.41, 5.74) is -0.478. The van der Waals surface area contributed by atoms with Crippen molar-refractivity contribution in [2.45, 2.75) is 45.3 Å². The third kappa shape index (κ3) is 2.80. The molecule has 6 heteroatoms. The second kappa shape index (κ2) is 5.52. The Balaban J connectivity index is 1.82. The first-order chi connectivity index (χ1) is 10.4. The Hall–Kier alpha value is -1.66. The highest BCUT2D eigenvalue weighted by atomic mass is 32.1. The van der Waals surface area contributed by atoms with Crippen LogP contribution in [0.2, 0.25) is 0 Å². The number of furan rings is 1. The molecule has 0 radical (unpaired) electrons. The number of carbonyl (C=O) groups is 1. The summed E-state index contributed by atoms with van der Waals surface area (Å²) in [5.74, 6) is 1.39. The summed E-state index contributed by atoms with van der Waals surface area (Å²) in [4.78, 5) is 18.8. The van der Waals surface area contributed by atoms with Gasteiger partial charge >= 0.3 is 0 Å². The number of nitrogens with zero attached hydrogens (tertiary/aromatic N) is 2. The number of aliphatic hydroxyl groups is 1. The quantitative estimate of drug-likeness (QED) is 0.944. The number of carbonyl (C=O) groups excluding carboxylic acids is 1. The summed E-state index contributed by atoms with van der Waals surface area (Å²) in [6, 6.07) is 3.58. The lowest BCUT2D eigenvalue weighted by Gasteiger charge is -2.33. The molecule has 3 heterocycles. The van der Waals surface area contributed by atoms with Crippen LogP contribution in [0.4, 0.5) is 0 Å². The van der Waals surface area contributed by atoms with Crippen molar-refractivity contribution in [3.8, 4) is 10.8 Å². The highest BCUT2D eigenvalue weighted by Crippen LogP contribution is 2.30. The summed E-state index contributed by atoms with van der Waals surface area (Å²) >= 11 is 1.40. The first-order valence-electron chi connectivity index (χ1n) is 7.42. The van der Waals surface area contributed by atoms with Crippen molar-refractivity contribution in [2.75, 3.05) is 6.54 Å². The van der Waals surface area contributed by atoms with Crippen molar-refractivity contribution >= 4 is 17.2 Å². The Morgan fingerprint density at radius 1 is 1.50 bits per heavy atom. The monoisotopic (exact) mass is 320 g/mol. The molecular formula is C16H20N2O3S. The number of amides is 1. The zero-order chi connectivity index (χ0) is 15.9. The number of aryl methyl sites for hydroxylation is 1. The van der Waals surface area contributed by atoms with E-state index in [0.717, 1.165) is 18.6 Å². The van der Waals surface area contributed by atoms with Crippen molar-refractivity contribution in [1.82, 2.24) is 9.88 Å². The van der Waals surface area contributed by atoms with E-state index in [0.29, 0.717) is 23.0 Å². The van der Waals surface area contributed by atoms with Crippen molar-refractivity contribution in [3.63, 3.8) is 0 Å². The summed E-state index contributed by atoms with van der Waals surface area (Å²) in [6.07, 6.45) is 1.73. The summed E-state index contributed by atoms with van der Waals surface area (Å²) < 4.78 is 5.55. The number of hydrogen-bond donors (Lipinski definition) is 1. The highest BCUT2D eigenvalue weighted by Gasteiger charge is 2.39. The van der Waals surface area contributed by atoms with Crippen LogP contribution >= 0.6 is 11.3 Å². The molecule has 3 rings (SSSR count). The lowest BCUT2D eigenvalue weighted by Crippen LogP contribution is -2.48. The topological polar surface area (TPSA) is 66.6 Å². The van der Waals surface area contributed by atoms with Gasteiger partial charge in [-0.15, -0.1) is 11.3 Å². The van der Waals surface area contributed by atoms with Crippen LogP contribution in [0, 0.1) is 6.92 Å². The van der Waals surface area contributed by atoms with E-state index in [1.807, 2.05) is 19.1 Å². The molecule has 1 amide bonds. The van der Waals surface area contributed by atoms with Gasteiger partial charge in [0.2, 0.25) is 0 Å². The number of likely N-dealkylation sites (tertiary alicyclic amines) is 1. The van der Waals surface area contributed by atoms with Gasteiger partial charge in [-0.2, -0.15) is 0 Å². The van der Waals surface area contributed by atoms with Crippen LogP contribution in [0.15, 0.2) is 21.9 Å². The Bertz CT molecular complexity index is 684. The third-order valence-electron chi connectivity index (χ3n) is 4.00. The molecule has 118 valence electrons. The first kappa shape index (κ1) is 15.2. The molecule has 2 aromatic rings. The Kier molecular flexibility index (Phi) is 3.82. The molecule has 1 fully saturated rings. The molecule has 0 saturated carbocycles. The zero-order valence-corrected chi connectivity index (χ0v) is 13.8. The van der Waals surface area contributed by atoms with Crippen LogP contribution in [-0.4, -0.2) is 39.1 Å². The molecule has 1 aliphatic rings. The molecule has 0 spiro atoms. The summed E-state index contributed by atoms with van der Waals surface area (Å²) in [7, 11) is 0. The van der Waals surface area contributed by atoms with Gasteiger partial charge in [-0.1, -0.05) is 0 Å². The van der Waals surface area contributed by atoms with Gasteiger partial charge in [0.15, 0.2) is 10.8 Å². The van der Waals surface area contributed by atoms with Crippen LogP contribution in [0.1, 0.15) is 42.9 Å². The molecule has 2 aromatic heterocycles. The lowest BCUT2D eigenvalue weighted by atomic mass is 9.96. The van der Waals surface area contributed by atoms with Gasteiger partial charge in [-0.05, 0) is 45.7 Å². The van der Waals surface area contributed by atoms with Crippen molar-refractivity contribution in [2.24, 2.45) is 0 Å². The maximum absolute atomic E-state index is 12.7. The van der Waals surface area contributed by atoms with Gasteiger partial charge in [0.25, 0.3) is 5.91 Å². The molecule has 0 bridgehead atoms. The number of rotatable bonds is 3. The Morgan fingerprint density at radius 2 is 2.27 bits per heavy atom. The molecule has 1 saturated heterocycles. The van der Waals surface area contributed by atoms with Crippen molar-refractivity contribution < 1.29 is 14.3 Å². The maximum Gasteiger partial charge on any atom is 0.273 e. The molecule has 22 heavy (non-hydrogen) atoms. The minimum absolute atomic E-state index is 0.115. The van der Waals surface area contributed by atoms with Crippen molar-refractivity contribution in [1.29, 1.82) is 0 Å². The molecule has 1 aliphatic heterocycles. The minimum atomic E-state index is -0.900. The smallest absolute Gasteiger partial charge is 0.273 e. The standard InChI is InChI=1S/C16H20N2O3S/c1-10-6-7-12(21-10)14-17-11(9-22-14)15(19)18-8-4-5-13(18)16(2,3)20/h6-7,9,13,20H,4-5,8H2,1-3H3. The van der Waals surface area contributed by atoms with E-state index in [-0.39, 0.29) is 11.9 Å². The molecule has 0 aliphatic carbocycles. The fraction of sp³-hybridized carbons (Fsp3) is 0.500. The normalized spacial score (nSPS) is 18.9. The minimum Gasteiger partial charge on any atom is -0.459 e. The average Bonchev–Trinajstić information content (AvgIpc) is 3.16. The van der Waals surface area contributed by atoms with Crippen LogP contribution in [-0.2, 0) is 0 Å². The largest absolute Gasteiger partial charge is 0.459 e. The first-order valence-corrected chi connectivity index (χ1v) is 8.30. The number of aromatic nitrogens is 1. The summed E-state index contributed by atoms with van der Waals surface area (Å²) in [6.45, 7) is 6.05. The SMILES string of the molecule is Cc1ccc(-c2nc(C(=O)N3CCCC3C(C)(C)O)cs2)o1. The zero-order valence-electron chi connectivity index (χ0n) is 13.0. The maximum atomic E-state index is 12.7. The van der Waals surface area contributed by atoms with E-state index in [1.54, 1.807) is 24.1 Å². The molecule has 1 atom stereocenters. The number of hydrogen-bond acceptors (Lipinski definition) is 5. The molecule has 1 N–H and O–H groups in total. The highest BCUT2D eigenvalue weighted by molar-refractivity contribution is 7.13. The van der Waals surface area contributed by atoms with E-state index >= 15 is 0 Å². The van der Waals surface area contributed by atoms with Crippen LogP contribution in [0.25, 0.3) is 10.8 Å². The van der Waals surface area contributed by atoms with Gasteiger partial charge < -0.3 is 14.4 Å². The molecule has 0 aromatic carbocycles. The predicted octanol–water partition coefficient (Wildman–Crippen LogP) is 3.09. The van der Waals surface area contributed by atoms with Gasteiger partial charge in [-0.25, -0.2) is 4.98 Å². The third-order valence-corrected chi connectivity index (χ3v) is 4.86. The molecule has 5 nitrogen and oxygen atoms in total. The van der Waals surface area contributed by atoms with Crippen molar-refractivity contribution in [3.05, 3.63) is 29.0 Å². The van der Waals surface area contributed by atoms with Crippen LogP contribution in [0.5, 0.6) is 0 Å². The average molecular weight is 320 g/mol. The molecule has 1 unspecified atom stereocenters. The van der Waals surface area contributed by atoms with E-state index in [4.69, 9.17) is 4.42 Å². The van der Waals surface area contributed by atoms with Crippen LogP contribution < -0.4 is 0 Å². The molecular weight excluding hydrogens is 300 g/mol. The predicted molar refractivity (Wildman–Crippen MR) is 84.9 cm³/mol. The van der Waals surface area contributed by atoms with E-state index < -0.39 is 5.60 Å². The van der Waals surface area contributed by atoms with Gasteiger partial charge in [-0.3, -0.25) is 4.79 Å². The van der Waals surface area contributed by atoms with Gasteiger partial charge in [0.05, 0.1) is 11.6 Å². The fourth-order valence-corrected chi connectivity index (χ4v) is 3.68. The Morgan fingerprint density at radius 3 is 2.91 bits per heavy atom. The second-order valence-electron chi connectivity index (χ2n) is 6.26. The van der Waals surface area contributed by atoms with E-state index in [9.17, 15) is 9.90 Å². The fourth-order valence-electron chi connectivity index (χ4n) is 2.93. The van der Waals surface area contributed by atoms with Gasteiger partial charge in [0, 0.05) is 11.9 Å². The number of thiazole rings is 1. The summed E-state index contributed by atoms with van der Waals surface area (Å²) in [5, 5.41) is 12.7. The Labute approximate surface area is 133 Å².